The molecule has 0 aliphatic rings. The van der Waals surface area contributed by atoms with Gasteiger partial charge in [0.05, 0.1) is 0 Å². The maximum atomic E-state index is 12.8. The monoisotopic (exact) mass is 1010 g/mol. The van der Waals surface area contributed by atoms with Crippen LogP contribution in [0.2, 0.25) is 0 Å². The molecule has 0 radical (unpaired) electrons. The lowest BCUT2D eigenvalue weighted by Crippen LogP contribution is -2.30. The molecule has 0 bridgehead atoms. The molecule has 412 valence electrons. The minimum atomic E-state index is -0.801. The molecular formula is C67H108O6. The molecular weight excluding hydrogens is 901 g/mol. The Labute approximate surface area is 449 Å². The molecule has 0 saturated carbocycles. The second kappa shape index (κ2) is 60.1. The van der Waals surface area contributed by atoms with Crippen LogP contribution < -0.4 is 0 Å². The maximum absolute atomic E-state index is 12.8. The highest BCUT2D eigenvalue weighted by Crippen LogP contribution is 2.15. The Morgan fingerprint density at radius 2 is 0.534 bits per heavy atom. The fourth-order valence-corrected chi connectivity index (χ4v) is 7.77. The van der Waals surface area contributed by atoms with Crippen LogP contribution in [-0.2, 0) is 28.6 Å². The van der Waals surface area contributed by atoms with Crippen LogP contribution in [0.25, 0.3) is 0 Å². The third kappa shape index (κ3) is 58.3. The van der Waals surface area contributed by atoms with Crippen molar-refractivity contribution in [2.45, 2.75) is 258 Å². The van der Waals surface area contributed by atoms with Crippen molar-refractivity contribution in [3.63, 3.8) is 0 Å². The van der Waals surface area contributed by atoms with Crippen LogP contribution in [0.1, 0.15) is 252 Å². The number of allylic oxidation sites excluding steroid dienone is 22. The first-order chi connectivity index (χ1) is 36.0. The topological polar surface area (TPSA) is 78.9 Å². The van der Waals surface area contributed by atoms with Crippen LogP contribution in [0.3, 0.4) is 0 Å². The van der Waals surface area contributed by atoms with Gasteiger partial charge in [-0.2, -0.15) is 0 Å². The molecule has 6 nitrogen and oxygen atoms in total. The third-order valence-corrected chi connectivity index (χ3v) is 12.2. The Balaban J connectivity index is 4.14. The first-order valence-corrected chi connectivity index (χ1v) is 29.7. The van der Waals surface area contributed by atoms with E-state index in [4.69, 9.17) is 14.2 Å². The molecule has 1 atom stereocenters. The molecule has 0 aromatic carbocycles. The summed E-state index contributed by atoms with van der Waals surface area (Å²) in [5.41, 5.74) is 0. The van der Waals surface area contributed by atoms with E-state index >= 15 is 0 Å². The van der Waals surface area contributed by atoms with E-state index in [2.05, 4.69) is 154 Å². The molecule has 6 heteroatoms. The summed E-state index contributed by atoms with van der Waals surface area (Å²) in [7, 11) is 0. The Kier molecular flexibility index (Phi) is 56.4. The van der Waals surface area contributed by atoms with Gasteiger partial charge in [-0.25, -0.2) is 0 Å². The fraction of sp³-hybridized carbons (Fsp3) is 0.627. The fourth-order valence-electron chi connectivity index (χ4n) is 7.77. The second-order valence-corrected chi connectivity index (χ2v) is 19.1. The van der Waals surface area contributed by atoms with E-state index in [1.807, 2.05) is 0 Å². The van der Waals surface area contributed by atoms with Crippen LogP contribution in [0.4, 0.5) is 0 Å². The van der Waals surface area contributed by atoms with Crippen molar-refractivity contribution < 1.29 is 28.6 Å². The predicted octanol–water partition coefficient (Wildman–Crippen LogP) is 20.2. The van der Waals surface area contributed by atoms with Crippen molar-refractivity contribution in [2.75, 3.05) is 13.2 Å². The van der Waals surface area contributed by atoms with Crippen LogP contribution in [0.5, 0.6) is 0 Å². The van der Waals surface area contributed by atoms with Crippen LogP contribution in [-0.4, -0.2) is 37.2 Å². The zero-order valence-electron chi connectivity index (χ0n) is 47.1. The number of unbranched alkanes of at least 4 members (excludes halogenated alkanes) is 19. The molecule has 0 rings (SSSR count). The van der Waals surface area contributed by atoms with Gasteiger partial charge < -0.3 is 14.2 Å². The van der Waals surface area contributed by atoms with E-state index in [1.165, 1.54) is 83.5 Å². The highest BCUT2D eigenvalue weighted by Gasteiger charge is 2.19. The Bertz CT molecular complexity index is 1580. The van der Waals surface area contributed by atoms with Gasteiger partial charge in [0, 0.05) is 19.3 Å². The predicted molar refractivity (Wildman–Crippen MR) is 316 cm³/mol. The average molecular weight is 1010 g/mol. The van der Waals surface area contributed by atoms with E-state index in [0.717, 1.165) is 122 Å². The number of carbonyl (C=O) groups is 3. The minimum absolute atomic E-state index is 0.0973. The summed E-state index contributed by atoms with van der Waals surface area (Å²) in [5, 5.41) is 0. The van der Waals surface area contributed by atoms with Crippen LogP contribution in [0, 0.1) is 0 Å². The molecule has 0 heterocycles. The van der Waals surface area contributed by atoms with Gasteiger partial charge >= 0.3 is 17.9 Å². The smallest absolute Gasteiger partial charge is 0.306 e. The van der Waals surface area contributed by atoms with Gasteiger partial charge in [0.15, 0.2) is 6.10 Å². The molecule has 0 aromatic heterocycles. The lowest BCUT2D eigenvalue weighted by Gasteiger charge is -2.18. The van der Waals surface area contributed by atoms with Gasteiger partial charge in [-0.05, 0) is 116 Å². The van der Waals surface area contributed by atoms with Crippen molar-refractivity contribution in [1.29, 1.82) is 0 Å². The van der Waals surface area contributed by atoms with Crippen molar-refractivity contribution in [1.82, 2.24) is 0 Å². The first-order valence-electron chi connectivity index (χ1n) is 29.7. The lowest BCUT2D eigenvalue weighted by atomic mass is 10.0. The zero-order chi connectivity index (χ0) is 52.9. The van der Waals surface area contributed by atoms with Gasteiger partial charge in [0.1, 0.15) is 13.2 Å². The number of hydrogen-bond acceptors (Lipinski definition) is 6. The number of esters is 3. The summed E-state index contributed by atoms with van der Waals surface area (Å²) in [6.45, 7) is 6.32. The van der Waals surface area contributed by atoms with Gasteiger partial charge in [-0.15, -0.1) is 0 Å². The molecule has 0 aliphatic carbocycles. The maximum Gasteiger partial charge on any atom is 0.306 e. The molecule has 0 saturated heterocycles. The quantitative estimate of drug-likeness (QED) is 0.0261. The Hall–Kier alpha value is -4.45. The standard InChI is InChI=1S/C67H108O6/c1-4-7-10-13-16-18-20-22-24-25-26-27-28-29-30-31-32-33-34-35-36-37-38-39-40-41-43-44-46-48-51-54-57-60-66(69)72-63-64(62-71-65(68)59-56-53-50-15-12-9-6-3)73-67(70)61-58-55-52-49-47-45-42-23-21-19-17-14-11-8-5-2/h7-8,10-11,16-19,22-24,26-27,29-30,32-33,35-36,42,47,49,64H,4-6,9,12-15,20-21,25,28,31,34,37-41,43-46,48,50-63H2,1-3H3/b10-7-,11-8-,18-16-,19-17-,24-22-,27-26-,30-29-,33-32-,36-35-,42-23-,49-47-. The van der Waals surface area contributed by atoms with Gasteiger partial charge in [-0.1, -0.05) is 251 Å². The molecule has 1 unspecified atom stereocenters. The molecule has 0 spiro atoms. The van der Waals surface area contributed by atoms with Gasteiger partial charge in [0.2, 0.25) is 0 Å². The summed E-state index contributed by atoms with van der Waals surface area (Å²) in [4.78, 5) is 37.9. The van der Waals surface area contributed by atoms with Crippen molar-refractivity contribution in [3.8, 4) is 0 Å². The van der Waals surface area contributed by atoms with Crippen LogP contribution in [0.15, 0.2) is 134 Å². The van der Waals surface area contributed by atoms with Gasteiger partial charge in [-0.3, -0.25) is 14.4 Å². The molecule has 73 heavy (non-hydrogen) atoms. The highest BCUT2D eigenvalue weighted by atomic mass is 16.6. The summed E-state index contributed by atoms with van der Waals surface area (Å²) in [6, 6.07) is 0. The number of hydrogen-bond donors (Lipinski definition) is 0. The summed E-state index contributed by atoms with van der Waals surface area (Å²) < 4.78 is 16.7. The minimum Gasteiger partial charge on any atom is -0.462 e. The van der Waals surface area contributed by atoms with E-state index in [9.17, 15) is 14.4 Å². The number of carbonyl (C=O) groups excluding carboxylic acids is 3. The van der Waals surface area contributed by atoms with E-state index < -0.39 is 6.10 Å². The summed E-state index contributed by atoms with van der Waals surface area (Å²) in [6.07, 6.45) is 84.8. The average Bonchev–Trinajstić information content (AvgIpc) is 3.39. The zero-order valence-corrected chi connectivity index (χ0v) is 47.1. The molecule has 0 aromatic rings. The van der Waals surface area contributed by atoms with E-state index in [0.29, 0.717) is 19.3 Å². The largest absolute Gasteiger partial charge is 0.462 e. The molecule has 0 amide bonds. The summed E-state index contributed by atoms with van der Waals surface area (Å²) in [5.74, 6) is -0.953. The number of ether oxygens (including phenoxy) is 3. The highest BCUT2D eigenvalue weighted by molar-refractivity contribution is 5.71. The summed E-state index contributed by atoms with van der Waals surface area (Å²) >= 11 is 0. The van der Waals surface area contributed by atoms with Crippen molar-refractivity contribution >= 4 is 17.9 Å². The molecule has 0 aliphatic heterocycles. The Morgan fingerprint density at radius 1 is 0.288 bits per heavy atom. The van der Waals surface area contributed by atoms with Crippen molar-refractivity contribution in [3.05, 3.63) is 134 Å². The van der Waals surface area contributed by atoms with E-state index in [-0.39, 0.29) is 37.5 Å². The van der Waals surface area contributed by atoms with Gasteiger partial charge in [0.25, 0.3) is 0 Å². The normalized spacial score (nSPS) is 13.1. The third-order valence-electron chi connectivity index (χ3n) is 12.2. The molecule has 0 N–H and O–H groups in total. The molecule has 0 fully saturated rings. The second-order valence-electron chi connectivity index (χ2n) is 19.1. The van der Waals surface area contributed by atoms with Crippen LogP contribution >= 0.6 is 0 Å². The SMILES string of the molecule is CC/C=C\C/C=C\C/C=C\C/C=C\C/C=C\C/C=C\C/C=C\CCCCCCCCCCCCCC(=O)OCC(COC(=O)CCCCCCCCC)OC(=O)CCCC/C=C\C/C=C\C/C=C\C/C=C\CC. The Morgan fingerprint density at radius 3 is 0.863 bits per heavy atom. The lowest BCUT2D eigenvalue weighted by molar-refractivity contribution is -0.167. The number of rotatable bonds is 52. The van der Waals surface area contributed by atoms with E-state index in [1.54, 1.807) is 0 Å². The van der Waals surface area contributed by atoms with Crippen molar-refractivity contribution in [2.24, 2.45) is 0 Å². The first kappa shape index (κ1) is 68.6.